The Labute approximate surface area is 156 Å². The van der Waals surface area contributed by atoms with Crippen LogP contribution < -0.4 is 0 Å². The van der Waals surface area contributed by atoms with E-state index in [1.807, 2.05) is 31.2 Å². The topological polar surface area (TPSA) is 44.1 Å². The Bertz CT molecular complexity index is 894. The van der Waals surface area contributed by atoms with Gasteiger partial charge in [-0.3, -0.25) is 4.79 Å². The van der Waals surface area contributed by atoms with E-state index in [4.69, 9.17) is 21.3 Å². The molecular weight excluding hydrogens is 356 g/mol. The number of para-hydroxylation sites is 2. The van der Waals surface area contributed by atoms with Crippen LogP contribution in [0, 0.1) is 0 Å². The first-order valence-corrected chi connectivity index (χ1v) is 9.26. The number of carbonyl (C=O) groups is 1. The maximum atomic E-state index is 12.7. The highest BCUT2D eigenvalue weighted by Gasteiger charge is 2.20. The second-order valence-corrected chi connectivity index (χ2v) is 7.41. The first kappa shape index (κ1) is 18.0. The maximum absolute atomic E-state index is 12.7. The summed E-state index contributed by atoms with van der Waals surface area (Å²) in [6.45, 7) is 3.18. The molecule has 0 spiro atoms. The number of ether oxygens (including phenoxy) is 1. The lowest BCUT2D eigenvalue weighted by Crippen LogP contribution is -2.15. The number of hydrogen-bond acceptors (Lipinski definition) is 4. The summed E-state index contributed by atoms with van der Waals surface area (Å²) < 4.78 is 7.32. The second kappa shape index (κ2) is 8.04. The first-order chi connectivity index (χ1) is 12.1. The number of methoxy groups -OCH3 is 1. The highest BCUT2D eigenvalue weighted by molar-refractivity contribution is 8.00. The minimum atomic E-state index is -0.267. The lowest BCUT2D eigenvalue weighted by molar-refractivity contribution is 0.0994. The van der Waals surface area contributed by atoms with Crippen molar-refractivity contribution < 1.29 is 9.53 Å². The molecule has 0 saturated carbocycles. The molecule has 0 radical (unpaired) electrons. The third-order valence-electron chi connectivity index (χ3n) is 3.90. The van der Waals surface area contributed by atoms with Crippen molar-refractivity contribution in [3.8, 4) is 0 Å². The molecule has 0 amide bonds. The van der Waals surface area contributed by atoms with Gasteiger partial charge in [0.15, 0.2) is 10.9 Å². The van der Waals surface area contributed by atoms with E-state index in [0.717, 1.165) is 16.2 Å². The van der Waals surface area contributed by atoms with E-state index in [9.17, 15) is 4.79 Å². The number of thioether (sulfide) groups is 1. The van der Waals surface area contributed by atoms with Gasteiger partial charge in [-0.15, -0.1) is 0 Å². The van der Waals surface area contributed by atoms with Crippen LogP contribution in [-0.2, 0) is 11.3 Å². The fourth-order valence-electron chi connectivity index (χ4n) is 2.63. The Morgan fingerprint density at radius 3 is 2.84 bits per heavy atom. The van der Waals surface area contributed by atoms with Crippen LogP contribution in [0.1, 0.15) is 17.3 Å². The van der Waals surface area contributed by atoms with Crippen LogP contribution in [0.3, 0.4) is 0 Å². The number of aromatic nitrogens is 2. The number of halogens is 1. The Balaban J connectivity index is 1.87. The highest BCUT2D eigenvalue weighted by atomic mass is 35.5. The molecule has 1 aromatic heterocycles. The summed E-state index contributed by atoms with van der Waals surface area (Å²) in [7, 11) is 1.68. The summed E-state index contributed by atoms with van der Waals surface area (Å²) in [6, 6.07) is 15.0. The van der Waals surface area contributed by atoms with Crippen molar-refractivity contribution in [2.24, 2.45) is 0 Å². The molecule has 0 N–H and O–H groups in total. The van der Waals surface area contributed by atoms with Crippen molar-refractivity contribution in [2.75, 3.05) is 13.7 Å². The van der Waals surface area contributed by atoms with Gasteiger partial charge in [-0.25, -0.2) is 4.98 Å². The van der Waals surface area contributed by atoms with E-state index < -0.39 is 0 Å². The Morgan fingerprint density at radius 1 is 1.28 bits per heavy atom. The molecule has 4 nitrogen and oxygen atoms in total. The van der Waals surface area contributed by atoms with E-state index in [0.29, 0.717) is 23.7 Å². The maximum Gasteiger partial charge on any atom is 0.176 e. The number of Topliss-reactive ketones (excluding diaryl/α,β-unsaturated/α-hetero) is 1. The average molecular weight is 375 g/mol. The number of ketones is 1. The summed E-state index contributed by atoms with van der Waals surface area (Å²) in [4.78, 5) is 17.4. The number of fused-ring (bicyclic) bond motifs is 1. The van der Waals surface area contributed by atoms with Gasteiger partial charge in [0, 0.05) is 24.2 Å². The van der Waals surface area contributed by atoms with Gasteiger partial charge in [0.25, 0.3) is 0 Å². The largest absolute Gasteiger partial charge is 0.383 e. The summed E-state index contributed by atoms with van der Waals surface area (Å²) in [5, 5.41) is 1.12. The molecule has 1 unspecified atom stereocenters. The van der Waals surface area contributed by atoms with E-state index >= 15 is 0 Å². The van der Waals surface area contributed by atoms with Gasteiger partial charge >= 0.3 is 0 Å². The standard InChI is InChI=1S/C19H19ClN2O2S/c1-13(18(23)14-6-5-7-15(20)12-14)25-19-21-16-8-3-4-9-17(16)22(19)10-11-24-2/h3-9,12-13H,10-11H2,1-2H3. The van der Waals surface area contributed by atoms with Crippen molar-refractivity contribution >= 4 is 40.2 Å². The van der Waals surface area contributed by atoms with Crippen LogP contribution in [0.15, 0.2) is 53.7 Å². The first-order valence-electron chi connectivity index (χ1n) is 8.01. The molecule has 2 aromatic carbocycles. The predicted molar refractivity (Wildman–Crippen MR) is 103 cm³/mol. The zero-order chi connectivity index (χ0) is 17.8. The van der Waals surface area contributed by atoms with Crippen molar-refractivity contribution in [3.05, 3.63) is 59.1 Å². The molecule has 6 heteroatoms. The lowest BCUT2D eigenvalue weighted by atomic mass is 10.1. The monoisotopic (exact) mass is 374 g/mol. The number of rotatable bonds is 7. The number of nitrogens with zero attached hydrogens (tertiary/aromatic N) is 2. The van der Waals surface area contributed by atoms with Crippen LogP contribution in [0.25, 0.3) is 11.0 Å². The Morgan fingerprint density at radius 2 is 2.08 bits per heavy atom. The molecule has 0 aliphatic carbocycles. The van der Waals surface area contributed by atoms with Gasteiger partial charge in [0.2, 0.25) is 0 Å². The summed E-state index contributed by atoms with van der Waals surface area (Å²) in [6.07, 6.45) is 0. The fraction of sp³-hybridized carbons (Fsp3) is 0.263. The van der Waals surface area contributed by atoms with Crippen molar-refractivity contribution in [2.45, 2.75) is 23.9 Å². The van der Waals surface area contributed by atoms with Crippen LogP contribution >= 0.6 is 23.4 Å². The third-order valence-corrected chi connectivity index (χ3v) is 5.22. The van der Waals surface area contributed by atoms with Crippen molar-refractivity contribution in [1.82, 2.24) is 9.55 Å². The molecule has 1 heterocycles. The third kappa shape index (κ3) is 4.06. The molecule has 0 aliphatic heterocycles. The quantitative estimate of drug-likeness (QED) is 0.444. The molecule has 3 aromatic rings. The number of benzene rings is 2. The summed E-state index contributed by atoms with van der Waals surface area (Å²) in [5.74, 6) is 0.0397. The molecule has 3 rings (SSSR count). The molecule has 0 bridgehead atoms. The average Bonchev–Trinajstić information content (AvgIpc) is 2.96. The molecular formula is C19H19ClN2O2S. The van der Waals surface area contributed by atoms with E-state index in [-0.39, 0.29) is 11.0 Å². The minimum absolute atomic E-state index is 0.0397. The van der Waals surface area contributed by atoms with Crippen LogP contribution in [0.4, 0.5) is 0 Å². The molecule has 1 atom stereocenters. The smallest absolute Gasteiger partial charge is 0.176 e. The van der Waals surface area contributed by atoms with Crippen LogP contribution in [-0.4, -0.2) is 34.3 Å². The van der Waals surface area contributed by atoms with Gasteiger partial charge in [0.1, 0.15) is 0 Å². The van der Waals surface area contributed by atoms with Gasteiger partial charge in [-0.05, 0) is 31.2 Å². The summed E-state index contributed by atoms with van der Waals surface area (Å²) in [5.41, 5.74) is 2.58. The Hall–Kier alpha value is -1.82. The van der Waals surface area contributed by atoms with E-state index in [1.165, 1.54) is 11.8 Å². The Kier molecular flexibility index (Phi) is 5.78. The number of carbonyl (C=O) groups excluding carboxylic acids is 1. The highest BCUT2D eigenvalue weighted by Crippen LogP contribution is 2.29. The van der Waals surface area contributed by atoms with Gasteiger partial charge in [0.05, 0.1) is 22.9 Å². The molecule has 130 valence electrons. The van der Waals surface area contributed by atoms with Crippen molar-refractivity contribution in [3.63, 3.8) is 0 Å². The molecule has 0 saturated heterocycles. The van der Waals surface area contributed by atoms with Crippen LogP contribution in [0.2, 0.25) is 5.02 Å². The minimum Gasteiger partial charge on any atom is -0.383 e. The number of imidazole rings is 1. The zero-order valence-corrected chi connectivity index (χ0v) is 15.7. The SMILES string of the molecule is COCCn1c(SC(C)C(=O)c2cccc(Cl)c2)nc2ccccc21. The van der Waals surface area contributed by atoms with Crippen molar-refractivity contribution in [1.29, 1.82) is 0 Å². The predicted octanol–water partition coefficient (Wildman–Crippen LogP) is 4.70. The van der Waals surface area contributed by atoms with Gasteiger partial charge in [-0.2, -0.15) is 0 Å². The number of hydrogen-bond donors (Lipinski definition) is 0. The van der Waals surface area contributed by atoms with Crippen LogP contribution in [0.5, 0.6) is 0 Å². The zero-order valence-electron chi connectivity index (χ0n) is 14.1. The van der Waals surface area contributed by atoms with Gasteiger partial charge in [-0.1, -0.05) is 47.6 Å². The molecule has 0 fully saturated rings. The normalized spacial score (nSPS) is 12.4. The fourth-order valence-corrected chi connectivity index (χ4v) is 3.85. The van der Waals surface area contributed by atoms with E-state index in [2.05, 4.69) is 4.57 Å². The second-order valence-electron chi connectivity index (χ2n) is 5.66. The molecule has 25 heavy (non-hydrogen) atoms. The van der Waals surface area contributed by atoms with E-state index in [1.54, 1.807) is 31.4 Å². The van der Waals surface area contributed by atoms with Gasteiger partial charge < -0.3 is 9.30 Å². The summed E-state index contributed by atoms with van der Waals surface area (Å²) >= 11 is 7.46. The molecule has 0 aliphatic rings. The lowest BCUT2D eigenvalue weighted by Gasteiger charge is -2.12.